The summed E-state index contributed by atoms with van der Waals surface area (Å²) in [4.78, 5) is 11.1. The number of aryl methyl sites for hydroxylation is 1. The van der Waals surface area contributed by atoms with Crippen molar-refractivity contribution in [3.05, 3.63) is 35.5 Å². The Hall–Kier alpha value is -1.82. The molecular formula is C12H13NO4S. The molecule has 0 saturated carbocycles. The number of para-hydroxylation sites is 1. The van der Waals surface area contributed by atoms with Crippen molar-refractivity contribution in [3.63, 3.8) is 0 Å². The molecule has 18 heavy (non-hydrogen) atoms. The minimum absolute atomic E-state index is 0.0899. The number of sulfone groups is 1. The number of carboxylic acid groups (broad SMARTS) is 1. The molecule has 2 aromatic rings. The standard InChI is InChI=1S/C12H13NO4S/c1-13-6-8(7-18(2,16)17)9-4-3-5-10(11(9)13)12(14)15/h3-6H,7H2,1-2H3,(H,14,15). The molecule has 1 aromatic heterocycles. The number of carbonyl (C=O) groups is 1. The van der Waals surface area contributed by atoms with Gasteiger partial charge in [0.1, 0.15) is 0 Å². The fraction of sp³-hybridized carbons (Fsp3) is 0.250. The lowest BCUT2D eigenvalue weighted by atomic mass is 10.1. The zero-order valence-electron chi connectivity index (χ0n) is 10.0. The number of aromatic nitrogens is 1. The highest BCUT2D eigenvalue weighted by Gasteiger charge is 2.16. The third-order valence-electron chi connectivity index (χ3n) is 2.73. The summed E-state index contributed by atoms with van der Waals surface area (Å²) in [5.41, 5.74) is 1.34. The minimum Gasteiger partial charge on any atom is -0.478 e. The maximum Gasteiger partial charge on any atom is 0.337 e. The van der Waals surface area contributed by atoms with Gasteiger partial charge >= 0.3 is 5.97 Å². The van der Waals surface area contributed by atoms with E-state index in [1.54, 1.807) is 29.9 Å². The van der Waals surface area contributed by atoms with Crippen LogP contribution in [-0.2, 0) is 22.6 Å². The summed E-state index contributed by atoms with van der Waals surface area (Å²) in [6.45, 7) is 0. The topological polar surface area (TPSA) is 76.4 Å². The summed E-state index contributed by atoms with van der Waals surface area (Å²) in [5, 5.41) is 9.79. The lowest BCUT2D eigenvalue weighted by molar-refractivity contribution is 0.0698. The maximum absolute atomic E-state index is 11.3. The predicted molar refractivity (Wildman–Crippen MR) is 68.4 cm³/mol. The highest BCUT2D eigenvalue weighted by atomic mass is 32.2. The van der Waals surface area contributed by atoms with Gasteiger partial charge in [-0.05, 0) is 11.6 Å². The van der Waals surface area contributed by atoms with E-state index in [1.807, 2.05) is 0 Å². The van der Waals surface area contributed by atoms with E-state index in [1.165, 1.54) is 6.07 Å². The first-order chi connectivity index (χ1) is 8.29. The molecule has 0 radical (unpaired) electrons. The molecule has 0 saturated heterocycles. The number of benzene rings is 1. The van der Waals surface area contributed by atoms with E-state index in [2.05, 4.69) is 0 Å². The summed E-state index contributed by atoms with van der Waals surface area (Å²) in [5.74, 6) is -1.11. The van der Waals surface area contributed by atoms with Gasteiger partial charge in [-0.15, -0.1) is 0 Å². The van der Waals surface area contributed by atoms with Gasteiger partial charge in [0.05, 0.1) is 16.8 Å². The van der Waals surface area contributed by atoms with Crippen LogP contribution < -0.4 is 0 Å². The molecule has 0 amide bonds. The lowest BCUT2D eigenvalue weighted by Gasteiger charge is -2.01. The fourth-order valence-electron chi connectivity index (χ4n) is 2.12. The Kier molecular flexibility index (Phi) is 2.90. The average molecular weight is 267 g/mol. The Morgan fingerprint density at radius 3 is 2.61 bits per heavy atom. The second-order valence-electron chi connectivity index (χ2n) is 4.34. The van der Waals surface area contributed by atoms with Crippen molar-refractivity contribution in [2.75, 3.05) is 6.26 Å². The number of nitrogens with zero attached hydrogens (tertiary/aromatic N) is 1. The number of rotatable bonds is 3. The normalized spacial score (nSPS) is 11.9. The van der Waals surface area contributed by atoms with Crippen molar-refractivity contribution in [2.24, 2.45) is 7.05 Å². The first-order valence-electron chi connectivity index (χ1n) is 5.27. The number of fused-ring (bicyclic) bond motifs is 1. The molecule has 1 aromatic carbocycles. The third kappa shape index (κ3) is 2.24. The largest absolute Gasteiger partial charge is 0.478 e. The molecule has 2 rings (SSSR count). The summed E-state index contributed by atoms with van der Waals surface area (Å²) in [6, 6.07) is 4.87. The highest BCUT2D eigenvalue weighted by Crippen LogP contribution is 2.25. The van der Waals surface area contributed by atoms with Crippen LogP contribution in [0, 0.1) is 0 Å². The smallest absolute Gasteiger partial charge is 0.337 e. The molecule has 0 bridgehead atoms. The summed E-state index contributed by atoms with van der Waals surface area (Å²) in [6.07, 6.45) is 2.82. The summed E-state index contributed by atoms with van der Waals surface area (Å²) in [7, 11) is -1.44. The first-order valence-corrected chi connectivity index (χ1v) is 7.33. The van der Waals surface area contributed by atoms with E-state index < -0.39 is 15.8 Å². The van der Waals surface area contributed by atoms with Gasteiger partial charge in [-0.2, -0.15) is 0 Å². The zero-order valence-corrected chi connectivity index (χ0v) is 10.9. The SMILES string of the molecule is Cn1cc(CS(C)(=O)=O)c2cccc(C(=O)O)c21. The van der Waals surface area contributed by atoms with Crippen molar-refractivity contribution in [2.45, 2.75) is 5.75 Å². The van der Waals surface area contributed by atoms with Gasteiger partial charge < -0.3 is 9.67 Å². The van der Waals surface area contributed by atoms with Crippen molar-refractivity contribution in [3.8, 4) is 0 Å². The first kappa shape index (κ1) is 12.6. The van der Waals surface area contributed by atoms with Crippen LogP contribution in [0.1, 0.15) is 15.9 Å². The molecule has 6 heteroatoms. The van der Waals surface area contributed by atoms with Crippen LogP contribution in [0.4, 0.5) is 0 Å². The van der Waals surface area contributed by atoms with Crippen LogP contribution in [0.3, 0.4) is 0 Å². The zero-order chi connectivity index (χ0) is 13.5. The van der Waals surface area contributed by atoms with Crippen LogP contribution in [0.25, 0.3) is 10.9 Å². The van der Waals surface area contributed by atoms with Crippen LogP contribution >= 0.6 is 0 Å². The molecule has 0 atom stereocenters. The Labute approximate surface area is 105 Å². The van der Waals surface area contributed by atoms with Crippen molar-refractivity contribution in [1.82, 2.24) is 4.57 Å². The predicted octanol–water partition coefficient (Wildman–Crippen LogP) is 1.42. The van der Waals surface area contributed by atoms with Gasteiger partial charge in [-0.3, -0.25) is 0 Å². The van der Waals surface area contributed by atoms with E-state index >= 15 is 0 Å². The summed E-state index contributed by atoms with van der Waals surface area (Å²) < 4.78 is 24.3. The molecular weight excluding hydrogens is 254 g/mol. The van der Waals surface area contributed by atoms with Gasteiger partial charge in [0, 0.05) is 24.9 Å². The average Bonchev–Trinajstić information content (AvgIpc) is 2.53. The van der Waals surface area contributed by atoms with Crippen LogP contribution in [0.5, 0.6) is 0 Å². The van der Waals surface area contributed by atoms with Gasteiger partial charge in [0.25, 0.3) is 0 Å². The van der Waals surface area contributed by atoms with Crippen LogP contribution in [0.15, 0.2) is 24.4 Å². The maximum atomic E-state index is 11.3. The molecule has 1 heterocycles. The molecule has 0 aliphatic rings. The number of hydrogen-bond donors (Lipinski definition) is 1. The van der Waals surface area contributed by atoms with Crippen LogP contribution in [-0.4, -0.2) is 30.3 Å². The van der Waals surface area contributed by atoms with E-state index in [4.69, 9.17) is 5.11 Å². The quantitative estimate of drug-likeness (QED) is 0.912. The Morgan fingerprint density at radius 1 is 1.39 bits per heavy atom. The van der Waals surface area contributed by atoms with E-state index in [-0.39, 0.29) is 11.3 Å². The number of aromatic carboxylic acids is 1. The van der Waals surface area contributed by atoms with Gasteiger partial charge in [0.2, 0.25) is 0 Å². The summed E-state index contributed by atoms with van der Waals surface area (Å²) >= 11 is 0. The molecule has 0 unspecified atom stereocenters. The van der Waals surface area contributed by atoms with E-state index in [0.717, 1.165) is 6.26 Å². The van der Waals surface area contributed by atoms with Gasteiger partial charge in [0.15, 0.2) is 9.84 Å². The van der Waals surface area contributed by atoms with Gasteiger partial charge in [-0.25, -0.2) is 13.2 Å². The van der Waals surface area contributed by atoms with Crippen LogP contribution in [0.2, 0.25) is 0 Å². The Balaban J connectivity index is 2.74. The molecule has 0 fully saturated rings. The lowest BCUT2D eigenvalue weighted by Crippen LogP contribution is -2.00. The number of carboxylic acids is 1. The number of hydrogen-bond acceptors (Lipinski definition) is 3. The third-order valence-corrected chi connectivity index (χ3v) is 3.57. The monoisotopic (exact) mass is 267 g/mol. The van der Waals surface area contributed by atoms with Crippen molar-refractivity contribution < 1.29 is 18.3 Å². The fourth-order valence-corrected chi connectivity index (χ4v) is 2.92. The van der Waals surface area contributed by atoms with E-state index in [9.17, 15) is 13.2 Å². The Bertz CT molecular complexity index is 728. The molecule has 0 aliphatic heterocycles. The molecule has 0 aliphatic carbocycles. The second kappa shape index (κ2) is 4.13. The molecule has 5 nitrogen and oxygen atoms in total. The molecule has 0 spiro atoms. The van der Waals surface area contributed by atoms with Crippen molar-refractivity contribution >= 4 is 26.7 Å². The van der Waals surface area contributed by atoms with Crippen molar-refractivity contribution in [1.29, 1.82) is 0 Å². The molecule has 1 N–H and O–H groups in total. The second-order valence-corrected chi connectivity index (χ2v) is 6.48. The van der Waals surface area contributed by atoms with Gasteiger partial charge in [-0.1, -0.05) is 12.1 Å². The molecule has 96 valence electrons. The van der Waals surface area contributed by atoms with E-state index in [0.29, 0.717) is 16.5 Å². The highest BCUT2D eigenvalue weighted by molar-refractivity contribution is 7.89. The Morgan fingerprint density at radius 2 is 2.06 bits per heavy atom. The minimum atomic E-state index is -3.15.